The van der Waals surface area contributed by atoms with Gasteiger partial charge in [-0.1, -0.05) is 0 Å². The van der Waals surface area contributed by atoms with Gasteiger partial charge in [0.2, 0.25) is 0 Å². The van der Waals surface area contributed by atoms with Crippen molar-refractivity contribution < 1.29 is 23.9 Å². The number of ether oxygens (including phenoxy) is 2. The maximum absolute atomic E-state index is 12.2. The van der Waals surface area contributed by atoms with E-state index in [0.29, 0.717) is 38.3 Å². The first-order valence-corrected chi connectivity index (χ1v) is 8.38. The summed E-state index contributed by atoms with van der Waals surface area (Å²) in [5.41, 5.74) is 1.82. The van der Waals surface area contributed by atoms with E-state index in [2.05, 4.69) is 9.97 Å². The molecular formula is C17H20N4O5. The fourth-order valence-corrected chi connectivity index (χ4v) is 2.72. The second kappa shape index (κ2) is 7.85. The average molecular weight is 360 g/mol. The van der Waals surface area contributed by atoms with Crippen LogP contribution in [0.25, 0.3) is 11.0 Å². The molecule has 9 heteroatoms. The Bertz CT molecular complexity index is 810. The molecule has 0 spiro atoms. The molecule has 1 N–H and O–H groups in total. The Labute approximate surface area is 149 Å². The van der Waals surface area contributed by atoms with Crippen LogP contribution >= 0.6 is 0 Å². The summed E-state index contributed by atoms with van der Waals surface area (Å²) in [7, 11) is 0. The molecule has 1 aliphatic rings. The molecule has 9 nitrogen and oxygen atoms in total. The second-order valence-electron chi connectivity index (χ2n) is 5.78. The molecule has 138 valence electrons. The van der Waals surface area contributed by atoms with Crippen LogP contribution in [-0.4, -0.2) is 77.1 Å². The Hall–Kier alpha value is -3.10. The van der Waals surface area contributed by atoms with E-state index in [4.69, 9.17) is 9.47 Å². The molecule has 2 aromatic rings. The lowest BCUT2D eigenvalue weighted by molar-refractivity contribution is -0.136. The van der Waals surface area contributed by atoms with E-state index in [1.165, 1.54) is 0 Å². The summed E-state index contributed by atoms with van der Waals surface area (Å²) in [6, 6.07) is 4.94. The minimum Gasteiger partial charge on any atom is -0.452 e. The molecule has 1 saturated heterocycles. The number of fused-ring (bicyclic) bond motifs is 1. The smallest absolute Gasteiger partial charge is 0.409 e. The molecule has 0 atom stereocenters. The summed E-state index contributed by atoms with van der Waals surface area (Å²) in [4.78, 5) is 46.1. The van der Waals surface area contributed by atoms with Crippen molar-refractivity contribution in [2.75, 3.05) is 39.4 Å². The zero-order chi connectivity index (χ0) is 18.5. The highest BCUT2D eigenvalue weighted by molar-refractivity contribution is 5.94. The Morgan fingerprint density at radius 2 is 1.85 bits per heavy atom. The number of nitrogens with zero attached hydrogens (tertiary/aromatic N) is 3. The molecule has 0 radical (unpaired) electrons. The normalized spacial score (nSPS) is 14.3. The number of aromatic nitrogens is 2. The molecule has 2 heterocycles. The number of H-pyrrole nitrogens is 1. The summed E-state index contributed by atoms with van der Waals surface area (Å²) in [5, 5.41) is 0. The SMILES string of the molecule is CCOC(=O)N1CCN(C(=O)COC(=O)c2ccc3nc[nH]c3c2)CC1. The minimum absolute atomic E-state index is 0.288. The number of esters is 1. The van der Waals surface area contributed by atoms with Crippen LogP contribution in [0.3, 0.4) is 0 Å². The van der Waals surface area contributed by atoms with Gasteiger partial charge in [0.25, 0.3) is 5.91 Å². The summed E-state index contributed by atoms with van der Waals surface area (Å²) in [6.07, 6.45) is 1.17. The van der Waals surface area contributed by atoms with Gasteiger partial charge in [0, 0.05) is 26.2 Å². The van der Waals surface area contributed by atoms with Crippen molar-refractivity contribution in [1.82, 2.24) is 19.8 Å². The van der Waals surface area contributed by atoms with Gasteiger partial charge in [-0.05, 0) is 25.1 Å². The number of piperazine rings is 1. The Kier molecular flexibility index (Phi) is 5.35. The molecule has 3 rings (SSSR count). The maximum atomic E-state index is 12.2. The number of rotatable bonds is 4. The molecule has 0 bridgehead atoms. The van der Waals surface area contributed by atoms with Gasteiger partial charge in [0.1, 0.15) is 0 Å². The highest BCUT2D eigenvalue weighted by Gasteiger charge is 2.25. The van der Waals surface area contributed by atoms with Crippen LogP contribution in [0.1, 0.15) is 17.3 Å². The third-order valence-electron chi connectivity index (χ3n) is 4.14. The Balaban J connectivity index is 1.48. The number of aromatic amines is 1. The third-order valence-corrected chi connectivity index (χ3v) is 4.14. The fraction of sp³-hybridized carbons (Fsp3) is 0.412. The minimum atomic E-state index is -0.569. The molecule has 0 unspecified atom stereocenters. The third kappa shape index (κ3) is 3.93. The van der Waals surface area contributed by atoms with Crippen LogP contribution in [-0.2, 0) is 14.3 Å². The van der Waals surface area contributed by atoms with Crippen LogP contribution < -0.4 is 0 Å². The van der Waals surface area contributed by atoms with Crippen molar-refractivity contribution in [2.45, 2.75) is 6.92 Å². The first kappa shape index (κ1) is 17.7. The Morgan fingerprint density at radius 3 is 2.58 bits per heavy atom. The molecule has 26 heavy (non-hydrogen) atoms. The predicted molar refractivity (Wildman–Crippen MR) is 91.6 cm³/mol. The van der Waals surface area contributed by atoms with Gasteiger partial charge < -0.3 is 24.3 Å². The second-order valence-corrected chi connectivity index (χ2v) is 5.78. The van der Waals surface area contributed by atoms with Gasteiger partial charge in [-0.2, -0.15) is 0 Å². The molecule has 0 aliphatic carbocycles. The van der Waals surface area contributed by atoms with E-state index in [9.17, 15) is 14.4 Å². The number of nitrogens with one attached hydrogen (secondary N) is 1. The van der Waals surface area contributed by atoms with Crippen LogP contribution in [0.4, 0.5) is 4.79 Å². The summed E-state index contributed by atoms with van der Waals surface area (Å²) >= 11 is 0. The van der Waals surface area contributed by atoms with E-state index < -0.39 is 5.97 Å². The topological polar surface area (TPSA) is 105 Å². The number of imidazole rings is 1. The Morgan fingerprint density at radius 1 is 1.12 bits per heavy atom. The number of carbonyl (C=O) groups is 3. The molecule has 0 saturated carbocycles. The predicted octanol–water partition coefficient (Wildman–Crippen LogP) is 1.02. The number of benzene rings is 1. The van der Waals surface area contributed by atoms with Crippen LogP contribution in [0.15, 0.2) is 24.5 Å². The van der Waals surface area contributed by atoms with E-state index in [-0.39, 0.29) is 18.6 Å². The van der Waals surface area contributed by atoms with E-state index in [0.717, 1.165) is 11.0 Å². The van der Waals surface area contributed by atoms with E-state index in [1.54, 1.807) is 41.2 Å². The summed E-state index contributed by atoms with van der Waals surface area (Å²) in [5.74, 6) is -0.857. The van der Waals surface area contributed by atoms with Crippen molar-refractivity contribution in [3.8, 4) is 0 Å². The van der Waals surface area contributed by atoms with Crippen molar-refractivity contribution >= 4 is 29.0 Å². The van der Waals surface area contributed by atoms with Gasteiger partial charge in [0.05, 0.1) is 29.5 Å². The monoisotopic (exact) mass is 360 g/mol. The van der Waals surface area contributed by atoms with Gasteiger partial charge in [-0.3, -0.25) is 4.79 Å². The zero-order valence-corrected chi connectivity index (χ0v) is 14.4. The highest BCUT2D eigenvalue weighted by atomic mass is 16.6. The van der Waals surface area contributed by atoms with Crippen LogP contribution in [0.2, 0.25) is 0 Å². The number of hydrogen-bond acceptors (Lipinski definition) is 6. The molecule has 1 aromatic heterocycles. The number of amides is 2. The van der Waals surface area contributed by atoms with Crippen LogP contribution in [0.5, 0.6) is 0 Å². The average Bonchev–Trinajstić information content (AvgIpc) is 3.14. The lowest BCUT2D eigenvalue weighted by Crippen LogP contribution is -2.51. The van der Waals surface area contributed by atoms with Crippen LogP contribution in [0, 0.1) is 0 Å². The standard InChI is InChI=1S/C17H20N4O5/c1-2-25-17(24)21-7-5-20(6-8-21)15(22)10-26-16(23)12-3-4-13-14(9-12)19-11-18-13/h3-4,9,11H,2,5-8,10H2,1H3,(H,18,19). The molecule has 1 aromatic carbocycles. The molecule has 1 aliphatic heterocycles. The van der Waals surface area contributed by atoms with Crippen molar-refractivity contribution in [2.24, 2.45) is 0 Å². The lowest BCUT2D eigenvalue weighted by Gasteiger charge is -2.33. The van der Waals surface area contributed by atoms with Crippen molar-refractivity contribution in [3.05, 3.63) is 30.1 Å². The van der Waals surface area contributed by atoms with Gasteiger partial charge in [-0.25, -0.2) is 14.6 Å². The van der Waals surface area contributed by atoms with Crippen molar-refractivity contribution in [1.29, 1.82) is 0 Å². The van der Waals surface area contributed by atoms with Gasteiger partial charge in [0.15, 0.2) is 6.61 Å². The van der Waals surface area contributed by atoms with E-state index >= 15 is 0 Å². The first-order chi connectivity index (χ1) is 12.6. The molecular weight excluding hydrogens is 340 g/mol. The lowest BCUT2D eigenvalue weighted by atomic mass is 10.2. The number of hydrogen-bond donors (Lipinski definition) is 1. The highest BCUT2D eigenvalue weighted by Crippen LogP contribution is 2.12. The maximum Gasteiger partial charge on any atom is 0.409 e. The van der Waals surface area contributed by atoms with Crippen molar-refractivity contribution in [3.63, 3.8) is 0 Å². The first-order valence-electron chi connectivity index (χ1n) is 8.38. The summed E-state index contributed by atoms with van der Waals surface area (Å²) in [6.45, 7) is 3.29. The largest absolute Gasteiger partial charge is 0.452 e. The summed E-state index contributed by atoms with van der Waals surface area (Å²) < 4.78 is 10.0. The van der Waals surface area contributed by atoms with E-state index in [1.807, 2.05) is 0 Å². The quantitative estimate of drug-likeness (QED) is 0.816. The zero-order valence-electron chi connectivity index (χ0n) is 14.4. The molecule has 2 amide bonds. The van der Waals surface area contributed by atoms with Gasteiger partial charge >= 0.3 is 12.1 Å². The van der Waals surface area contributed by atoms with Gasteiger partial charge in [-0.15, -0.1) is 0 Å². The molecule has 1 fully saturated rings. The number of carbonyl (C=O) groups excluding carboxylic acids is 3. The fourth-order valence-electron chi connectivity index (χ4n) is 2.72.